The van der Waals surface area contributed by atoms with Gasteiger partial charge in [0.25, 0.3) is 11.8 Å². The maximum absolute atomic E-state index is 14.0. The second-order valence-electron chi connectivity index (χ2n) is 12.5. The van der Waals surface area contributed by atoms with Crippen LogP contribution in [0, 0.1) is 11.8 Å². The summed E-state index contributed by atoms with van der Waals surface area (Å²) in [6.45, 7) is 3.06. The molecule has 1 aromatic heterocycles. The van der Waals surface area contributed by atoms with Gasteiger partial charge in [0.05, 0.1) is 12.6 Å². The van der Waals surface area contributed by atoms with E-state index in [1.807, 2.05) is 37.3 Å². The van der Waals surface area contributed by atoms with Crippen LogP contribution in [0.3, 0.4) is 0 Å². The Kier molecular flexibility index (Phi) is 11.6. The molecule has 2 aromatic carbocycles. The van der Waals surface area contributed by atoms with Crippen molar-refractivity contribution in [3.8, 4) is 5.75 Å². The topological polar surface area (TPSA) is 156 Å². The van der Waals surface area contributed by atoms with Gasteiger partial charge < -0.3 is 30.4 Å². The number of hydrogen-bond donors (Lipinski definition) is 4. The van der Waals surface area contributed by atoms with Crippen LogP contribution in [0.15, 0.2) is 59.0 Å². The molecule has 11 nitrogen and oxygen atoms in total. The van der Waals surface area contributed by atoms with Crippen molar-refractivity contribution in [1.29, 1.82) is 0 Å². The first-order valence-corrected chi connectivity index (χ1v) is 16.7. The van der Waals surface area contributed by atoms with Crippen molar-refractivity contribution in [1.82, 2.24) is 21.3 Å². The number of benzene rings is 2. The van der Waals surface area contributed by atoms with Crippen LogP contribution in [-0.2, 0) is 25.7 Å². The molecule has 1 aliphatic heterocycles. The Bertz CT molecular complexity index is 1560. The summed E-state index contributed by atoms with van der Waals surface area (Å²) < 4.78 is 11.4. The number of ketones is 1. The minimum atomic E-state index is -1.25. The number of carbonyl (C=O) groups excluding carboxylic acids is 5. The summed E-state index contributed by atoms with van der Waals surface area (Å²) in [5.74, 6) is -2.68. The third kappa shape index (κ3) is 9.21. The van der Waals surface area contributed by atoms with Crippen LogP contribution in [0.2, 0.25) is 0 Å². The minimum Gasteiger partial charge on any atom is -0.494 e. The van der Waals surface area contributed by atoms with E-state index in [4.69, 9.17) is 9.15 Å². The van der Waals surface area contributed by atoms with Gasteiger partial charge in [0.2, 0.25) is 17.6 Å². The Hall–Kier alpha value is -4.67. The van der Waals surface area contributed by atoms with Crippen molar-refractivity contribution >= 4 is 40.4 Å². The first-order chi connectivity index (χ1) is 22.8. The molecule has 2 fully saturated rings. The predicted molar refractivity (Wildman–Crippen MR) is 175 cm³/mol. The summed E-state index contributed by atoms with van der Waals surface area (Å²) in [5.41, 5.74) is 1.32. The number of ether oxygens (including phenoxy) is 1. The quantitative estimate of drug-likeness (QED) is 0.192. The van der Waals surface area contributed by atoms with Crippen molar-refractivity contribution in [2.75, 3.05) is 13.2 Å². The van der Waals surface area contributed by atoms with Gasteiger partial charge in [-0.25, -0.2) is 0 Å². The number of carbonyl (C=O) groups is 5. The van der Waals surface area contributed by atoms with Crippen LogP contribution in [0.1, 0.15) is 80.8 Å². The van der Waals surface area contributed by atoms with E-state index in [2.05, 4.69) is 21.3 Å². The minimum absolute atomic E-state index is 0.0228. The Morgan fingerprint density at radius 1 is 0.915 bits per heavy atom. The molecule has 1 aliphatic carbocycles. The largest absolute Gasteiger partial charge is 0.494 e. The first-order valence-electron chi connectivity index (χ1n) is 16.7. The van der Waals surface area contributed by atoms with Crippen LogP contribution < -0.4 is 26.0 Å². The highest BCUT2D eigenvalue weighted by atomic mass is 16.5. The summed E-state index contributed by atoms with van der Waals surface area (Å²) in [7, 11) is 0. The van der Waals surface area contributed by atoms with E-state index in [-0.39, 0.29) is 30.6 Å². The lowest BCUT2D eigenvalue weighted by atomic mass is 9.84. The Labute approximate surface area is 274 Å². The zero-order valence-corrected chi connectivity index (χ0v) is 26.8. The Balaban J connectivity index is 1.33. The van der Waals surface area contributed by atoms with Gasteiger partial charge in [-0.1, -0.05) is 62.4 Å². The van der Waals surface area contributed by atoms with E-state index in [0.717, 1.165) is 44.1 Å². The van der Waals surface area contributed by atoms with Gasteiger partial charge in [-0.05, 0) is 68.4 Å². The highest BCUT2D eigenvalue weighted by Crippen LogP contribution is 2.29. The number of piperidine rings is 1. The maximum atomic E-state index is 14.0. The molecule has 3 atom stereocenters. The van der Waals surface area contributed by atoms with E-state index < -0.39 is 41.5 Å². The van der Waals surface area contributed by atoms with E-state index in [9.17, 15) is 24.0 Å². The van der Waals surface area contributed by atoms with Crippen LogP contribution >= 0.6 is 0 Å². The van der Waals surface area contributed by atoms with Crippen LogP contribution in [0.5, 0.6) is 5.75 Å². The first kappa shape index (κ1) is 33.7. The monoisotopic (exact) mass is 644 g/mol. The standard InChI is InChI=1S/C36H44N4O7/c1-2-46-27-15-16-30-26(19-27)21-31(47-30)35(44)40-29(18-23-10-5-3-6-11-23)34(43)39-28(20-25-14-9-17-37-33(25)42)32(41)36(45)38-22-24-12-7-4-8-13-24/h4,7-8,12-13,15-16,19,21,23,25,28-29H,2-3,5-6,9-11,14,17-18,20,22H2,1H3,(H,37,42)(H,38,45)(H,39,43)(H,40,44)/t25-,28-,29-/m0/s1. The summed E-state index contributed by atoms with van der Waals surface area (Å²) in [4.78, 5) is 66.7. The van der Waals surface area contributed by atoms with E-state index in [0.29, 0.717) is 42.7 Å². The smallest absolute Gasteiger partial charge is 0.289 e. The fourth-order valence-electron chi connectivity index (χ4n) is 6.48. The molecule has 4 N–H and O–H groups in total. The SMILES string of the molecule is CCOc1ccc2oc(C(=O)N[C@@H](CC3CCCCC3)C(=O)N[C@@H](C[C@@H]3CCCNC3=O)C(=O)C(=O)NCc3ccccc3)cc2c1. The van der Waals surface area contributed by atoms with E-state index in [1.165, 1.54) is 0 Å². The number of rotatable bonds is 14. The van der Waals surface area contributed by atoms with Crippen molar-refractivity contribution in [3.05, 3.63) is 65.9 Å². The highest BCUT2D eigenvalue weighted by molar-refractivity contribution is 6.38. The van der Waals surface area contributed by atoms with Crippen molar-refractivity contribution in [2.24, 2.45) is 11.8 Å². The number of fused-ring (bicyclic) bond motifs is 1. The molecule has 5 rings (SSSR count). The average molecular weight is 645 g/mol. The lowest BCUT2D eigenvalue weighted by Crippen LogP contribution is -2.55. The Morgan fingerprint density at radius 2 is 1.70 bits per heavy atom. The van der Waals surface area contributed by atoms with Gasteiger partial charge >= 0.3 is 0 Å². The van der Waals surface area contributed by atoms with Crippen molar-refractivity contribution in [3.63, 3.8) is 0 Å². The van der Waals surface area contributed by atoms with Crippen LogP contribution in [-0.4, -0.2) is 54.6 Å². The molecule has 0 spiro atoms. The molecule has 2 heterocycles. The Morgan fingerprint density at radius 3 is 2.45 bits per heavy atom. The lowest BCUT2D eigenvalue weighted by molar-refractivity contribution is -0.141. The van der Waals surface area contributed by atoms with Gasteiger partial charge in [-0.3, -0.25) is 24.0 Å². The van der Waals surface area contributed by atoms with E-state index >= 15 is 0 Å². The van der Waals surface area contributed by atoms with E-state index in [1.54, 1.807) is 24.3 Å². The highest BCUT2D eigenvalue weighted by Gasteiger charge is 2.36. The number of hydrogen-bond acceptors (Lipinski definition) is 7. The molecule has 4 amide bonds. The summed E-state index contributed by atoms with van der Waals surface area (Å²) in [5, 5.41) is 11.8. The fourth-order valence-corrected chi connectivity index (χ4v) is 6.48. The second-order valence-corrected chi connectivity index (χ2v) is 12.5. The predicted octanol–water partition coefficient (Wildman–Crippen LogP) is 4.19. The maximum Gasteiger partial charge on any atom is 0.289 e. The van der Waals surface area contributed by atoms with Gasteiger partial charge in [-0.2, -0.15) is 0 Å². The zero-order valence-electron chi connectivity index (χ0n) is 26.8. The van der Waals surface area contributed by atoms with Gasteiger partial charge in [0.1, 0.15) is 17.4 Å². The summed E-state index contributed by atoms with van der Waals surface area (Å²) in [6.07, 6.45) is 6.68. The number of furan rings is 1. The van der Waals surface area contributed by atoms with Crippen molar-refractivity contribution in [2.45, 2.75) is 83.3 Å². The summed E-state index contributed by atoms with van der Waals surface area (Å²) in [6, 6.07) is 13.8. The lowest BCUT2D eigenvalue weighted by Gasteiger charge is -2.29. The third-order valence-corrected chi connectivity index (χ3v) is 9.01. The fraction of sp³-hybridized carbons (Fsp3) is 0.472. The molecule has 47 heavy (non-hydrogen) atoms. The number of nitrogens with one attached hydrogen (secondary N) is 4. The zero-order chi connectivity index (χ0) is 33.2. The molecule has 0 bridgehead atoms. The molecular formula is C36H44N4O7. The molecule has 11 heteroatoms. The van der Waals surface area contributed by atoms with Gasteiger partial charge in [0.15, 0.2) is 5.76 Å². The van der Waals surface area contributed by atoms with Crippen LogP contribution in [0.4, 0.5) is 0 Å². The van der Waals surface area contributed by atoms with Gasteiger partial charge in [-0.15, -0.1) is 0 Å². The van der Waals surface area contributed by atoms with Gasteiger partial charge in [0, 0.05) is 24.4 Å². The molecular weight excluding hydrogens is 600 g/mol. The molecule has 2 aliphatic rings. The molecule has 0 unspecified atom stereocenters. The number of Topliss-reactive ketones (excluding diaryl/α,β-unsaturated/α-hetero) is 1. The summed E-state index contributed by atoms with van der Waals surface area (Å²) >= 11 is 0. The molecule has 1 saturated carbocycles. The normalized spacial score (nSPS) is 18.1. The van der Waals surface area contributed by atoms with Crippen LogP contribution in [0.25, 0.3) is 11.0 Å². The average Bonchev–Trinajstić information content (AvgIpc) is 3.52. The molecule has 0 radical (unpaired) electrons. The number of amides is 4. The van der Waals surface area contributed by atoms with Crippen molar-refractivity contribution < 1.29 is 33.1 Å². The second kappa shape index (κ2) is 16.2. The molecule has 250 valence electrons. The third-order valence-electron chi connectivity index (χ3n) is 9.01. The molecule has 1 saturated heterocycles. The molecule has 3 aromatic rings.